The highest BCUT2D eigenvalue weighted by Crippen LogP contribution is 2.28. The Morgan fingerprint density at radius 1 is 1.04 bits per heavy atom. The molecule has 136 valence electrons. The van der Waals surface area contributed by atoms with Gasteiger partial charge < -0.3 is 10.3 Å². The van der Waals surface area contributed by atoms with Gasteiger partial charge in [-0.2, -0.15) is 0 Å². The number of unbranched alkanes of at least 4 members (excludes halogenated alkanes) is 1. The number of nitrogens with two attached hydrogens (primary N) is 1. The molecule has 2 N–H and O–H groups in total. The number of imidazole rings is 1. The fraction of sp³-hybridized carbons (Fsp3) is 0.227. The van der Waals surface area contributed by atoms with Gasteiger partial charge in [0, 0.05) is 30.9 Å². The molecule has 0 aliphatic heterocycles. The second-order valence-electron chi connectivity index (χ2n) is 6.71. The Morgan fingerprint density at radius 2 is 1.89 bits per heavy atom. The maximum atomic E-state index is 6.29. The predicted molar refractivity (Wildman–Crippen MR) is 109 cm³/mol. The SMILES string of the molecule is CCCCc1nc2c(N)nc(-c3cccnc3)cc2n1Cc1ccccc1. The van der Waals surface area contributed by atoms with Crippen LogP contribution in [0.5, 0.6) is 0 Å². The minimum Gasteiger partial charge on any atom is -0.382 e. The minimum absolute atomic E-state index is 0.468. The number of aryl methyl sites for hydroxylation is 1. The Morgan fingerprint density at radius 3 is 2.63 bits per heavy atom. The van der Waals surface area contributed by atoms with Crippen molar-refractivity contribution in [1.29, 1.82) is 0 Å². The summed E-state index contributed by atoms with van der Waals surface area (Å²) in [4.78, 5) is 13.6. The van der Waals surface area contributed by atoms with Gasteiger partial charge in [-0.25, -0.2) is 9.97 Å². The first-order chi connectivity index (χ1) is 13.3. The third-order valence-electron chi connectivity index (χ3n) is 4.74. The summed E-state index contributed by atoms with van der Waals surface area (Å²) in [6.07, 6.45) is 6.72. The quantitative estimate of drug-likeness (QED) is 0.553. The molecule has 0 aliphatic rings. The molecule has 0 saturated carbocycles. The zero-order valence-corrected chi connectivity index (χ0v) is 15.5. The summed E-state index contributed by atoms with van der Waals surface area (Å²) in [5, 5.41) is 0. The number of aromatic nitrogens is 4. The molecular weight excluding hydrogens is 334 g/mol. The lowest BCUT2D eigenvalue weighted by Gasteiger charge is -2.10. The molecule has 0 aliphatic carbocycles. The van der Waals surface area contributed by atoms with Gasteiger partial charge in [0.05, 0.1) is 11.2 Å². The van der Waals surface area contributed by atoms with Crippen LogP contribution in [0.15, 0.2) is 60.9 Å². The van der Waals surface area contributed by atoms with Crippen LogP contribution in [-0.2, 0) is 13.0 Å². The first-order valence-electron chi connectivity index (χ1n) is 9.36. The first kappa shape index (κ1) is 17.2. The standard InChI is InChI=1S/C22H23N5/c1-2-3-11-20-26-21-19(27(20)15-16-8-5-4-6-9-16)13-18(25-22(21)23)17-10-7-12-24-14-17/h4-10,12-14H,2-3,11,15H2,1H3,(H2,23,25). The maximum absolute atomic E-state index is 6.29. The van der Waals surface area contributed by atoms with E-state index in [-0.39, 0.29) is 0 Å². The van der Waals surface area contributed by atoms with Crippen LogP contribution in [0.25, 0.3) is 22.3 Å². The third-order valence-corrected chi connectivity index (χ3v) is 4.74. The molecule has 27 heavy (non-hydrogen) atoms. The number of hydrogen-bond acceptors (Lipinski definition) is 4. The average Bonchev–Trinajstić information content (AvgIpc) is 3.06. The Labute approximate surface area is 158 Å². The molecular formula is C22H23N5. The summed E-state index contributed by atoms with van der Waals surface area (Å²) in [7, 11) is 0. The van der Waals surface area contributed by atoms with E-state index in [9.17, 15) is 0 Å². The van der Waals surface area contributed by atoms with Crippen molar-refractivity contribution in [3.8, 4) is 11.3 Å². The number of benzene rings is 1. The Bertz CT molecular complexity index is 1040. The van der Waals surface area contributed by atoms with Gasteiger partial charge in [-0.05, 0) is 30.2 Å². The molecule has 0 bridgehead atoms. The Kier molecular flexibility index (Phi) is 4.83. The molecule has 0 amide bonds. The van der Waals surface area contributed by atoms with Crippen LogP contribution in [-0.4, -0.2) is 19.5 Å². The molecule has 0 radical (unpaired) electrons. The van der Waals surface area contributed by atoms with Gasteiger partial charge in [0.25, 0.3) is 0 Å². The highest BCUT2D eigenvalue weighted by molar-refractivity contribution is 5.89. The summed E-state index contributed by atoms with van der Waals surface area (Å²) in [6.45, 7) is 2.97. The van der Waals surface area contributed by atoms with E-state index >= 15 is 0 Å². The van der Waals surface area contributed by atoms with E-state index < -0.39 is 0 Å². The summed E-state index contributed by atoms with van der Waals surface area (Å²) >= 11 is 0. The van der Waals surface area contributed by atoms with Crippen molar-refractivity contribution in [3.05, 3.63) is 72.3 Å². The summed E-state index contributed by atoms with van der Waals surface area (Å²) in [5.41, 5.74) is 11.1. The zero-order chi connectivity index (χ0) is 18.6. The van der Waals surface area contributed by atoms with E-state index in [0.717, 1.165) is 53.9 Å². The zero-order valence-electron chi connectivity index (χ0n) is 15.5. The van der Waals surface area contributed by atoms with Crippen molar-refractivity contribution in [3.63, 3.8) is 0 Å². The van der Waals surface area contributed by atoms with E-state index in [4.69, 9.17) is 10.7 Å². The van der Waals surface area contributed by atoms with Crippen molar-refractivity contribution < 1.29 is 0 Å². The largest absolute Gasteiger partial charge is 0.382 e. The van der Waals surface area contributed by atoms with Crippen molar-refractivity contribution in [2.45, 2.75) is 32.7 Å². The fourth-order valence-electron chi connectivity index (χ4n) is 3.32. The van der Waals surface area contributed by atoms with Crippen molar-refractivity contribution >= 4 is 16.9 Å². The number of hydrogen-bond donors (Lipinski definition) is 1. The molecule has 3 aromatic heterocycles. The Hall–Kier alpha value is -3.21. The molecule has 1 aromatic carbocycles. The molecule has 3 heterocycles. The minimum atomic E-state index is 0.468. The summed E-state index contributed by atoms with van der Waals surface area (Å²) in [6, 6.07) is 16.4. The lowest BCUT2D eigenvalue weighted by atomic mass is 10.1. The average molecular weight is 357 g/mol. The highest BCUT2D eigenvalue weighted by atomic mass is 15.1. The van der Waals surface area contributed by atoms with Crippen molar-refractivity contribution in [2.75, 3.05) is 5.73 Å². The molecule has 0 saturated heterocycles. The lowest BCUT2D eigenvalue weighted by molar-refractivity contribution is 0.690. The van der Waals surface area contributed by atoms with Crippen LogP contribution >= 0.6 is 0 Å². The molecule has 5 heteroatoms. The summed E-state index contributed by atoms with van der Waals surface area (Å²) in [5.74, 6) is 1.53. The number of rotatable bonds is 6. The van der Waals surface area contributed by atoms with Crippen LogP contribution in [0.2, 0.25) is 0 Å². The van der Waals surface area contributed by atoms with Crippen LogP contribution in [0.1, 0.15) is 31.2 Å². The van der Waals surface area contributed by atoms with E-state index in [0.29, 0.717) is 5.82 Å². The first-order valence-corrected chi connectivity index (χ1v) is 9.36. The topological polar surface area (TPSA) is 69.6 Å². The fourth-order valence-corrected chi connectivity index (χ4v) is 3.32. The van der Waals surface area contributed by atoms with Gasteiger partial charge in [-0.1, -0.05) is 43.7 Å². The highest BCUT2D eigenvalue weighted by Gasteiger charge is 2.16. The van der Waals surface area contributed by atoms with Crippen LogP contribution in [0, 0.1) is 0 Å². The van der Waals surface area contributed by atoms with Gasteiger partial charge in [0.15, 0.2) is 5.82 Å². The van der Waals surface area contributed by atoms with Gasteiger partial charge >= 0.3 is 0 Å². The number of anilines is 1. The molecule has 5 nitrogen and oxygen atoms in total. The van der Waals surface area contributed by atoms with Gasteiger partial charge in [0.2, 0.25) is 0 Å². The normalized spacial score (nSPS) is 11.1. The monoisotopic (exact) mass is 357 g/mol. The van der Waals surface area contributed by atoms with E-state index in [1.807, 2.05) is 24.4 Å². The van der Waals surface area contributed by atoms with E-state index in [2.05, 4.69) is 51.8 Å². The molecule has 0 atom stereocenters. The smallest absolute Gasteiger partial charge is 0.152 e. The summed E-state index contributed by atoms with van der Waals surface area (Å²) < 4.78 is 2.28. The molecule has 4 rings (SSSR count). The predicted octanol–water partition coefficient (Wildman–Crippen LogP) is 4.47. The molecule has 0 fully saturated rings. The number of nitrogens with zero attached hydrogens (tertiary/aromatic N) is 4. The van der Waals surface area contributed by atoms with Crippen LogP contribution in [0.4, 0.5) is 5.82 Å². The molecule has 0 unspecified atom stereocenters. The second kappa shape index (κ2) is 7.58. The molecule has 0 spiro atoms. The Balaban J connectivity index is 1.87. The molecule has 4 aromatic rings. The third kappa shape index (κ3) is 3.53. The number of nitrogen functional groups attached to an aromatic ring is 1. The van der Waals surface area contributed by atoms with Crippen molar-refractivity contribution in [1.82, 2.24) is 19.5 Å². The lowest BCUT2D eigenvalue weighted by Crippen LogP contribution is -2.05. The second-order valence-corrected chi connectivity index (χ2v) is 6.71. The maximum Gasteiger partial charge on any atom is 0.152 e. The van der Waals surface area contributed by atoms with Gasteiger partial charge in [0.1, 0.15) is 11.3 Å². The van der Waals surface area contributed by atoms with E-state index in [1.165, 1.54) is 5.56 Å². The van der Waals surface area contributed by atoms with Gasteiger partial charge in [-0.15, -0.1) is 0 Å². The van der Waals surface area contributed by atoms with Crippen LogP contribution < -0.4 is 5.73 Å². The number of fused-ring (bicyclic) bond motifs is 1. The van der Waals surface area contributed by atoms with Crippen molar-refractivity contribution in [2.24, 2.45) is 0 Å². The van der Waals surface area contributed by atoms with Crippen LogP contribution in [0.3, 0.4) is 0 Å². The van der Waals surface area contributed by atoms with Gasteiger partial charge in [-0.3, -0.25) is 4.98 Å². The van der Waals surface area contributed by atoms with E-state index in [1.54, 1.807) is 6.20 Å². The number of pyridine rings is 2.